The number of aromatic hydroxyl groups is 1. The van der Waals surface area contributed by atoms with Gasteiger partial charge in [0, 0.05) is 48.4 Å². The van der Waals surface area contributed by atoms with Crippen molar-refractivity contribution < 1.29 is 29.3 Å². The summed E-state index contributed by atoms with van der Waals surface area (Å²) < 4.78 is 8.30. The second kappa shape index (κ2) is 9.61. The number of hydrogen-bond acceptors (Lipinski definition) is 6. The molecule has 186 valence electrons. The third-order valence-corrected chi connectivity index (χ3v) is 5.98. The molecule has 2 aromatic rings. The van der Waals surface area contributed by atoms with Crippen molar-refractivity contribution in [1.82, 2.24) is 4.58 Å². The van der Waals surface area contributed by atoms with Gasteiger partial charge in [-0.1, -0.05) is 6.07 Å². The molecular weight excluding hydrogens is 462 g/mol. The van der Waals surface area contributed by atoms with E-state index in [1.54, 1.807) is 12.1 Å². The molecule has 0 atom stereocenters. The summed E-state index contributed by atoms with van der Waals surface area (Å²) in [5.74, 6) is -1.95. The van der Waals surface area contributed by atoms with Gasteiger partial charge in [0.05, 0.1) is 11.8 Å². The Morgan fingerprint density at radius 2 is 1.61 bits per heavy atom. The molecule has 0 unspecified atom stereocenters. The number of anilines is 2. The van der Waals surface area contributed by atoms with E-state index in [0.717, 1.165) is 32.5 Å². The van der Waals surface area contributed by atoms with Crippen LogP contribution in [0.4, 0.5) is 11.4 Å². The van der Waals surface area contributed by atoms with Crippen LogP contribution in [0.5, 0.6) is 5.75 Å². The molecule has 9 heteroatoms. The van der Waals surface area contributed by atoms with Gasteiger partial charge in [0.2, 0.25) is 5.36 Å². The molecule has 36 heavy (non-hydrogen) atoms. The quantitative estimate of drug-likeness (QED) is 0.267. The molecule has 2 aromatic carbocycles. The minimum atomic E-state index is -1.20. The fourth-order valence-corrected chi connectivity index (χ4v) is 4.23. The predicted molar refractivity (Wildman–Crippen MR) is 139 cm³/mol. The summed E-state index contributed by atoms with van der Waals surface area (Å²) >= 11 is 0. The predicted octanol–water partition coefficient (Wildman–Crippen LogP) is 2.98. The third kappa shape index (κ3) is 4.81. The van der Waals surface area contributed by atoms with E-state index in [-0.39, 0.29) is 11.4 Å². The Morgan fingerprint density at radius 1 is 0.917 bits per heavy atom. The first-order valence-corrected chi connectivity index (χ1v) is 11.3. The number of carboxylic acid groups (broad SMARTS) is 2. The van der Waals surface area contributed by atoms with Crippen LogP contribution in [0, 0.1) is 0 Å². The van der Waals surface area contributed by atoms with Crippen LogP contribution in [0.2, 0.25) is 0 Å². The Balaban J connectivity index is 1.97. The van der Waals surface area contributed by atoms with Gasteiger partial charge in [-0.05, 0) is 35.9 Å². The van der Waals surface area contributed by atoms with Crippen LogP contribution < -0.4 is 19.7 Å². The second-order valence-electron chi connectivity index (χ2n) is 8.97. The van der Waals surface area contributed by atoms with Crippen LogP contribution >= 0.6 is 0 Å². The first kappa shape index (κ1) is 24.6. The van der Waals surface area contributed by atoms with E-state index < -0.39 is 25.0 Å². The summed E-state index contributed by atoms with van der Waals surface area (Å²) in [4.78, 5) is 25.6. The summed E-state index contributed by atoms with van der Waals surface area (Å²) in [6, 6.07) is 16.6. The molecule has 4 rings (SSSR count). The van der Waals surface area contributed by atoms with E-state index in [4.69, 9.17) is 4.42 Å². The topological polar surface area (TPSA) is 117 Å². The summed E-state index contributed by atoms with van der Waals surface area (Å²) in [5, 5.41) is 31.1. The highest BCUT2D eigenvalue weighted by molar-refractivity contribution is 6.03. The average Bonchev–Trinajstić information content (AvgIpc) is 2.80. The van der Waals surface area contributed by atoms with Crippen molar-refractivity contribution in [2.45, 2.75) is 0 Å². The molecule has 9 nitrogen and oxygen atoms in total. The highest BCUT2D eigenvalue weighted by Gasteiger charge is 2.22. The van der Waals surface area contributed by atoms with Gasteiger partial charge in [-0.15, -0.1) is 0 Å². The first-order valence-electron chi connectivity index (χ1n) is 11.3. The second-order valence-corrected chi connectivity index (χ2v) is 8.97. The number of phenols is 1. The fraction of sp³-hybridized carbons (Fsp3) is 0.222. The Morgan fingerprint density at radius 3 is 2.19 bits per heavy atom. The minimum Gasteiger partial charge on any atom is -0.506 e. The van der Waals surface area contributed by atoms with Crippen LogP contribution in [0.15, 0.2) is 59.0 Å². The minimum absolute atomic E-state index is 0.127. The Kier molecular flexibility index (Phi) is 6.57. The number of phenolic OH excluding ortho intramolecular Hbond substituents is 1. The van der Waals surface area contributed by atoms with E-state index >= 15 is 0 Å². The van der Waals surface area contributed by atoms with E-state index in [1.165, 1.54) is 6.07 Å². The lowest BCUT2D eigenvalue weighted by molar-refractivity contribution is -0.136. The maximum absolute atomic E-state index is 11.3. The maximum atomic E-state index is 11.3. The summed E-state index contributed by atoms with van der Waals surface area (Å²) in [5.41, 5.74) is 4.13. The van der Waals surface area contributed by atoms with Crippen LogP contribution in [-0.4, -0.2) is 68.5 Å². The van der Waals surface area contributed by atoms with Crippen molar-refractivity contribution in [3.05, 3.63) is 60.0 Å². The van der Waals surface area contributed by atoms with Crippen LogP contribution in [-0.2, 0) is 9.59 Å². The van der Waals surface area contributed by atoms with E-state index in [1.807, 2.05) is 74.1 Å². The molecular formula is C27H28N3O6+. The normalized spacial score (nSPS) is 11.0. The first-order chi connectivity index (χ1) is 17.0. The maximum Gasteiger partial charge on any atom is 0.323 e. The number of aliphatic carboxylic acids is 2. The Bertz CT molecular complexity index is 1500. The molecule has 0 amide bonds. The lowest BCUT2D eigenvalue weighted by Crippen LogP contribution is -2.34. The molecule has 1 aliphatic heterocycles. The fourth-order valence-electron chi connectivity index (χ4n) is 4.23. The van der Waals surface area contributed by atoms with Gasteiger partial charge in [-0.3, -0.25) is 9.59 Å². The number of nitrogens with zero attached hydrogens (tertiary/aromatic N) is 3. The molecule has 0 spiro atoms. The van der Waals surface area contributed by atoms with Crippen LogP contribution in [0.25, 0.3) is 33.4 Å². The Labute approximate surface area is 207 Å². The zero-order chi connectivity index (χ0) is 26.1. The number of carboxylic acids is 2. The van der Waals surface area contributed by atoms with Crippen molar-refractivity contribution >= 4 is 34.3 Å². The highest BCUT2D eigenvalue weighted by atomic mass is 16.4. The largest absolute Gasteiger partial charge is 0.506 e. The smallest absolute Gasteiger partial charge is 0.323 e. The lowest BCUT2D eigenvalue weighted by Gasteiger charge is -2.23. The molecule has 0 fully saturated rings. The van der Waals surface area contributed by atoms with Crippen molar-refractivity contribution in [2.75, 3.05) is 51.1 Å². The van der Waals surface area contributed by atoms with Crippen molar-refractivity contribution in [3.63, 3.8) is 0 Å². The van der Waals surface area contributed by atoms with Gasteiger partial charge in [0.15, 0.2) is 0 Å². The number of rotatable bonds is 7. The van der Waals surface area contributed by atoms with Gasteiger partial charge in [0.1, 0.15) is 44.3 Å². The van der Waals surface area contributed by atoms with E-state index in [0.29, 0.717) is 16.9 Å². The molecule has 1 aliphatic carbocycles. The van der Waals surface area contributed by atoms with Gasteiger partial charge >= 0.3 is 11.9 Å². The summed E-state index contributed by atoms with van der Waals surface area (Å²) in [6.45, 7) is -1.12. The van der Waals surface area contributed by atoms with Crippen molar-refractivity contribution in [2.24, 2.45) is 0 Å². The van der Waals surface area contributed by atoms with Crippen LogP contribution in [0.3, 0.4) is 0 Å². The van der Waals surface area contributed by atoms with Crippen molar-refractivity contribution in [3.8, 4) is 28.2 Å². The monoisotopic (exact) mass is 490 g/mol. The molecule has 0 bridgehead atoms. The molecule has 0 aromatic heterocycles. The average molecular weight is 491 g/mol. The number of fused-ring (bicyclic) bond motifs is 2. The zero-order valence-corrected chi connectivity index (χ0v) is 20.5. The van der Waals surface area contributed by atoms with Gasteiger partial charge in [0.25, 0.3) is 0 Å². The van der Waals surface area contributed by atoms with Crippen molar-refractivity contribution in [1.29, 1.82) is 0 Å². The van der Waals surface area contributed by atoms with E-state index in [9.17, 15) is 24.9 Å². The SMILES string of the molecule is CN(C)c1ccc2c(-c3ccc(N(CC(=O)O)CC(=O)O)c(O)c3)c3ccc(=[N+](C)C)cc-3oc2c1. The van der Waals surface area contributed by atoms with Gasteiger partial charge in [-0.2, -0.15) is 0 Å². The summed E-state index contributed by atoms with van der Waals surface area (Å²) in [7, 11) is 7.79. The van der Waals surface area contributed by atoms with Crippen LogP contribution in [0.1, 0.15) is 0 Å². The van der Waals surface area contributed by atoms with Gasteiger partial charge in [-0.25, -0.2) is 4.58 Å². The van der Waals surface area contributed by atoms with E-state index in [2.05, 4.69) is 0 Å². The lowest BCUT2D eigenvalue weighted by atomic mass is 9.93. The Hall–Kier alpha value is -4.53. The highest BCUT2D eigenvalue weighted by Crippen LogP contribution is 2.43. The third-order valence-electron chi connectivity index (χ3n) is 5.98. The molecule has 2 aliphatic rings. The van der Waals surface area contributed by atoms with Gasteiger partial charge < -0.3 is 29.5 Å². The standard InChI is InChI=1S/C27H27N3O6/c1-28(2)17-6-8-19-23(12-17)36-24-13-18(29(3)4)7-9-20(24)27(19)16-5-10-21(22(31)11-16)30(14-25(32)33)15-26(34)35/h5-13H,14-15H2,1-4H3,(H2-,31,32,33,34,35)/p+1. The molecule has 0 saturated heterocycles. The molecule has 1 heterocycles. The number of benzene rings is 3. The molecule has 0 radical (unpaired) electrons. The number of carbonyl (C=O) groups is 2. The molecule has 3 N–H and O–H groups in total. The number of hydrogen-bond donors (Lipinski definition) is 3. The molecule has 0 saturated carbocycles. The zero-order valence-electron chi connectivity index (χ0n) is 20.5. The summed E-state index contributed by atoms with van der Waals surface area (Å²) in [6.07, 6.45) is 0.